The van der Waals surface area contributed by atoms with Gasteiger partial charge in [0.05, 0.1) is 19.8 Å². The summed E-state index contributed by atoms with van der Waals surface area (Å²) in [6.45, 7) is 11.6. The fraction of sp³-hybridized carbons (Fsp3) is 0.440. The topological polar surface area (TPSA) is 71.1 Å². The molecule has 0 bridgehead atoms. The maximum absolute atomic E-state index is 13.0. The highest BCUT2D eigenvalue weighted by Gasteiger charge is 2.24. The zero-order chi connectivity index (χ0) is 23.1. The van der Waals surface area contributed by atoms with E-state index in [1.807, 2.05) is 50.8 Å². The number of nitrogens with zero attached hydrogens (tertiary/aromatic N) is 2. The third-order valence-corrected chi connectivity index (χ3v) is 5.56. The van der Waals surface area contributed by atoms with Crippen LogP contribution in [0.2, 0.25) is 0 Å². The van der Waals surface area contributed by atoms with Crippen molar-refractivity contribution in [3.05, 3.63) is 53.1 Å². The van der Waals surface area contributed by atoms with E-state index in [0.717, 1.165) is 16.8 Å². The molecule has 0 radical (unpaired) electrons. The summed E-state index contributed by atoms with van der Waals surface area (Å²) in [7, 11) is 0. The van der Waals surface area contributed by atoms with Crippen LogP contribution in [0, 0.1) is 13.8 Å². The molecule has 0 unspecified atom stereocenters. The largest absolute Gasteiger partial charge is 0.490 e. The average Bonchev–Trinajstić information content (AvgIpc) is 2.78. The smallest absolute Gasteiger partial charge is 0.254 e. The van der Waals surface area contributed by atoms with Gasteiger partial charge in [-0.1, -0.05) is 18.2 Å². The summed E-state index contributed by atoms with van der Waals surface area (Å²) < 4.78 is 11.2. The van der Waals surface area contributed by atoms with Crippen molar-refractivity contribution >= 4 is 17.5 Å². The number of carbonyl (C=O) groups excluding carboxylic acids is 2. The highest BCUT2D eigenvalue weighted by molar-refractivity contribution is 5.95. The summed E-state index contributed by atoms with van der Waals surface area (Å²) in [5.74, 6) is 1.16. The number of aryl methyl sites for hydroxylation is 2. The summed E-state index contributed by atoms with van der Waals surface area (Å²) in [5.41, 5.74) is 3.57. The predicted molar refractivity (Wildman–Crippen MR) is 126 cm³/mol. The lowest BCUT2D eigenvalue weighted by molar-refractivity contribution is -0.117. The van der Waals surface area contributed by atoms with Gasteiger partial charge in [-0.3, -0.25) is 14.5 Å². The molecule has 1 aliphatic rings. The van der Waals surface area contributed by atoms with Gasteiger partial charge in [-0.15, -0.1) is 0 Å². The monoisotopic (exact) mass is 439 g/mol. The van der Waals surface area contributed by atoms with Crippen molar-refractivity contribution in [2.45, 2.75) is 27.7 Å². The molecule has 1 fully saturated rings. The third-order valence-electron chi connectivity index (χ3n) is 5.56. The van der Waals surface area contributed by atoms with Gasteiger partial charge >= 0.3 is 0 Å². The normalized spacial score (nSPS) is 14.2. The second-order valence-corrected chi connectivity index (χ2v) is 7.91. The van der Waals surface area contributed by atoms with Gasteiger partial charge in [0, 0.05) is 37.4 Å². The Labute approximate surface area is 190 Å². The molecule has 1 N–H and O–H groups in total. The van der Waals surface area contributed by atoms with E-state index in [1.54, 1.807) is 18.2 Å². The van der Waals surface area contributed by atoms with Crippen molar-refractivity contribution in [1.82, 2.24) is 9.80 Å². The Hall–Kier alpha value is -3.06. The van der Waals surface area contributed by atoms with Crippen LogP contribution < -0.4 is 14.8 Å². The number of nitrogens with one attached hydrogen (secondary N) is 1. The van der Waals surface area contributed by atoms with Crippen LogP contribution in [0.5, 0.6) is 11.5 Å². The maximum Gasteiger partial charge on any atom is 0.254 e. The first-order valence-electron chi connectivity index (χ1n) is 11.2. The van der Waals surface area contributed by atoms with Gasteiger partial charge in [0.25, 0.3) is 5.91 Å². The predicted octanol–water partition coefficient (Wildman–Crippen LogP) is 3.50. The minimum absolute atomic E-state index is 0.0324. The molecule has 32 heavy (non-hydrogen) atoms. The number of benzene rings is 2. The standard InChI is InChI=1S/C25H33N3O4/c1-5-31-21-11-10-20(16-22(21)32-6-2)25(30)28-14-12-27(13-15-28)17-23(29)26-24-18(3)8-7-9-19(24)4/h7-11,16H,5-6,12-15,17H2,1-4H3,(H,26,29). The molecule has 3 rings (SSSR count). The van der Waals surface area contributed by atoms with Gasteiger partial charge in [-0.2, -0.15) is 0 Å². The van der Waals surface area contributed by atoms with E-state index < -0.39 is 0 Å². The molecule has 1 aliphatic heterocycles. The van der Waals surface area contributed by atoms with Crippen LogP contribution in [0.3, 0.4) is 0 Å². The van der Waals surface area contributed by atoms with Crippen LogP contribution in [0.1, 0.15) is 35.3 Å². The Balaban J connectivity index is 1.55. The Morgan fingerprint density at radius 3 is 2.16 bits per heavy atom. The van der Waals surface area contributed by atoms with Crippen LogP contribution in [0.4, 0.5) is 5.69 Å². The number of ether oxygens (including phenoxy) is 2. The first-order chi connectivity index (χ1) is 15.4. The number of anilines is 1. The van der Waals surface area contributed by atoms with Gasteiger partial charge in [0.1, 0.15) is 0 Å². The van der Waals surface area contributed by atoms with E-state index in [9.17, 15) is 9.59 Å². The number of amides is 2. The summed E-state index contributed by atoms with van der Waals surface area (Å²) in [6, 6.07) is 11.3. The number of para-hydroxylation sites is 1. The summed E-state index contributed by atoms with van der Waals surface area (Å²) in [4.78, 5) is 29.5. The molecule has 0 aromatic heterocycles. The van der Waals surface area contributed by atoms with Gasteiger partial charge in [0.15, 0.2) is 11.5 Å². The maximum atomic E-state index is 13.0. The Bertz CT molecular complexity index is 932. The quantitative estimate of drug-likeness (QED) is 0.682. The van der Waals surface area contributed by atoms with Crippen molar-refractivity contribution in [3.8, 4) is 11.5 Å². The molecule has 172 valence electrons. The van der Waals surface area contributed by atoms with E-state index in [-0.39, 0.29) is 11.8 Å². The number of hydrogen-bond donors (Lipinski definition) is 1. The second-order valence-electron chi connectivity index (χ2n) is 7.91. The lowest BCUT2D eigenvalue weighted by Crippen LogP contribution is -2.50. The summed E-state index contributed by atoms with van der Waals surface area (Å²) in [6.07, 6.45) is 0. The summed E-state index contributed by atoms with van der Waals surface area (Å²) >= 11 is 0. The number of hydrogen-bond acceptors (Lipinski definition) is 5. The number of carbonyl (C=O) groups is 2. The third kappa shape index (κ3) is 5.79. The van der Waals surface area contributed by atoms with Crippen LogP contribution in [-0.2, 0) is 4.79 Å². The fourth-order valence-corrected chi connectivity index (χ4v) is 3.87. The van der Waals surface area contributed by atoms with Crippen LogP contribution in [0.15, 0.2) is 36.4 Å². The van der Waals surface area contributed by atoms with E-state index in [1.165, 1.54) is 0 Å². The van der Waals surface area contributed by atoms with Crippen LogP contribution in [0.25, 0.3) is 0 Å². The molecule has 0 saturated carbocycles. The van der Waals surface area contributed by atoms with Gasteiger partial charge in [-0.05, 0) is 57.0 Å². The first-order valence-corrected chi connectivity index (χ1v) is 11.2. The fourth-order valence-electron chi connectivity index (χ4n) is 3.87. The molecule has 1 heterocycles. The van der Waals surface area contributed by atoms with Gasteiger partial charge in [0.2, 0.25) is 5.91 Å². The average molecular weight is 440 g/mol. The highest BCUT2D eigenvalue weighted by atomic mass is 16.5. The van der Waals surface area contributed by atoms with Gasteiger partial charge < -0.3 is 19.7 Å². The molecule has 0 aliphatic carbocycles. The van der Waals surface area contributed by atoms with Crippen LogP contribution >= 0.6 is 0 Å². The molecular formula is C25H33N3O4. The van der Waals surface area contributed by atoms with E-state index >= 15 is 0 Å². The minimum Gasteiger partial charge on any atom is -0.490 e. The van der Waals surface area contributed by atoms with Crippen molar-refractivity contribution in [3.63, 3.8) is 0 Å². The Morgan fingerprint density at radius 1 is 0.906 bits per heavy atom. The van der Waals surface area contributed by atoms with E-state index in [2.05, 4.69) is 10.2 Å². The molecule has 7 nitrogen and oxygen atoms in total. The minimum atomic E-state index is -0.0337. The van der Waals surface area contributed by atoms with Crippen LogP contribution in [-0.4, -0.2) is 67.6 Å². The SMILES string of the molecule is CCOc1ccc(C(=O)N2CCN(CC(=O)Nc3c(C)cccc3C)CC2)cc1OCC. The lowest BCUT2D eigenvalue weighted by atomic mass is 10.1. The van der Waals surface area contributed by atoms with Crippen molar-refractivity contribution in [1.29, 1.82) is 0 Å². The Morgan fingerprint density at radius 2 is 1.53 bits per heavy atom. The molecule has 0 spiro atoms. The molecule has 2 amide bonds. The molecule has 0 atom stereocenters. The highest BCUT2D eigenvalue weighted by Crippen LogP contribution is 2.29. The Kier molecular flexibility index (Phi) is 8.11. The molecular weight excluding hydrogens is 406 g/mol. The first kappa shape index (κ1) is 23.6. The van der Waals surface area contributed by atoms with E-state index in [0.29, 0.717) is 63.0 Å². The second kappa shape index (κ2) is 11.0. The molecule has 7 heteroatoms. The summed E-state index contributed by atoms with van der Waals surface area (Å²) in [5, 5.41) is 3.03. The van der Waals surface area contributed by atoms with E-state index in [4.69, 9.17) is 9.47 Å². The number of rotatable bonds is 8. The zero-order valence-corrected chi connectivity index (χ0v) is 19.4. The van der Waals surface area contributed by atoms with Gasteiger partial charge in [-0.25, -0.2) is 0 Å². The number of piperazine rings is 1. The molecule has 1 saturated heterocycles. The van der Waals surface area contributed by atoms with Crippen molar-refractivity contribution in [2.24, 2.45) is 0 Å². The molecule has 2 aromatic carbocycles. The zero-order valence-electron chi connectivity index (χ0n) is 19.4. The van der Waals surface area contributed by atoms with Crippen molar-refractivity contribution < 1.29 is 19.1 Å². The lowest BCUT2D eigenvalue weighted by Gasteiger charge is -2.34. The molecule has 2 aromatic rings. The van der Waals surface area contributed by atoms with Crippen molar-refractivity contribution in [2.75, 3.05) is 51.3 Å².